The van der Waals surface area contributed by atoms with Gasteiger partial charge in [0, 0.05) is 13.6 Å². The van der Waals surface area contributed by atoms with Crippen LogP contribution in [-0.4, -0.2) is 46.3 Å². The van der Waals surface area contributed by atoms with Crippen molar-refractivity contribution in [3.8, 4) is 23.0 Å². The average Bonchev–Trinajstić information content (AvgIpc) is 2.66. The molecule has 6 heteroatoms. The van der Waals surface area contributed by atoms with Crippen LogP contribution in [0.3, 0.4) is 0 Å². The Morgan fingerprint density at radius 2 is 1.48 bits per heavy atom. The van der Waals surface area contributed by atoms with Gasteiger partial charge in [0.05, 0.1) is 34.0 Å². The highest BCUT2D eigenvalue weighted by molar-refractivity contribution is 5.97. The molecule has 134 valence electrons. The summed E-state index contributed by atoms with van der Waals surface area (Å²) in [5.41, 5.74) is 1.38. The Morgan fingerprint density at radius 1 is 0.840 bits per heavy atom. The van der Waals surface area contributed by atoms with Gasteiger partial charge in [-0.1, -0.05) is 6.07 Å². The fourth-order valence-electron chi connectivity index (χ4n) is 2.51. The Balaban J connectivity index is 2.23. The van der Waals surface area contributed by atoms with Crippen molar-refractivity contribution in [3.63, 3.8) is 0 Å². The Bertz CT molecular complexity index is 745. The number of benzene rings is 2. The number of hydrogen-bond acceptors (Lipinski definition) is 5. The quantitative estimate of drug-likeness (QED) is 0.772. The summed E-state index contributed by atoms with van der Waals surface area (Å²) < 4.78 is 21.0. The van der Waals surface area contributed by atoms with E-state index in [1.165, 1.54) is 7.11 Å². The van der Waals surface area contributed by atoms with Gasteiger partial charge in [-0.05, 0) is 35.9 Å². The molecule has 0 spiro atoms. The molecule has 0 aromatic heterocycles. The lowest BCUT2D eigenvalue weighted by atomic mass is 10.1. The minimum absolute atomic E-state index is 0.162. The molecule has 0 radical (unpaired) electrons. The first-order valence-electron chi connectivity index (χ1n) is 7.72. The van der Waals surface area contributed by atoms with Crippen molar-refractivity contribution in [3.05, 3.63) is 47.5 Å². The molecule has 0 N–H and O–H groups in total. The highest BCUT2D eigenvalue weighted by Crippen LogP contribution is 2.29. The van der Waals surface area contributed by atoms with Crippen LogP contribution in [0.25, 0.3) is 0 Å². The van der Waals surface area contributed by atoms with Gasteiger partial charge in [-0.15, -0.1) is 0 Å². The monoisotopic (exact) mass is 345 g/mol. The zero-order valence-electron chi connectivity index (χ0n) is 15.2. The van der Waals surface area contributed by atoms with Gasteiger partial charge in [-0.25, -0.2) is 0 Å². The third kappa shape index (κ3) is 4.15. The lowest BCUT2D eigenvalue weighted by molar-refractivity contribution is 0.0781. The molecule has 0 aliphatic heterocycles. The van der Waals surface area contributed by atoms with E-state index in [9.17, 15) is 4.79 Å². The summed E-state index contributed by atoms with van der Waals surface area (Å²) >= 11 is 0. The number of carbonyl (C=O) groups is 1. The first-order valence-corrected chi connectivity index (χ1v) is 7.72. The number of hydrogen-bond donors (Lipinski definition) is 0. The summed E-state index contributed by atoms with van der Waals surface area (Å²) in [5.74, 6) is 2.22. The normalized spacial score (nSPS) is 10.1. The topological polar surface area (TPSA) is 57.2 Å². The first kappa shape index (κ1) is 18.4. The van der Waals surface area contributed by atoms with Crippen LogP contribution in [0.2, 0.25) is 0 Å². The summed E-state index contributed by atoms with van der Waals surface area (Å²) in [6.45, 7) is 0.416. The van der Waals surface area contributed by atoms with E-state index in [1.807, 2.05) is 18.2 Å². The third-order valence-corrected chi connectivity index (χ3v) is 3.85. The van der Waals surface area contributed by atoms with E-state index < -0.39 is 0 Å². The predicted molar refractivity (Wildman–Crippen MR) is 94.9 cm³/mol. The largest absolute Gasteiger partial charge is 0.497 e. The van der Waals surface area contributed by atoms with E-state index in [0.29, 0.717) is 35.1 Å². The van der Waals surface area contributed by atoms with Gasteiger partial charge in [0.2, 0.25) is 0 Å². The van der Waals surface area contributed by atoms with E-state index in [0.717, 1.165) is 5.56 Å². The molecule has 0 saturated heterocycles. The van der Waals surface area contributed by atoms with Crippen LogP contribution in [0, 0.1) is 0 Å². The average molecular weight is 345 g/mol. The van der Waals surface area contributed by atoms with Gasteiger partial charge in [0.25, 0.3) is 5.91 Å². The van der Waals surface area contributed by atoms with E-state index in [4.69, 9.17) is 18.9 Å². The molecule has 6 nitrogen and oxygen atoms in total. The maximum atomic E-state index is 12.8. The summed E-state index contributed by atoms with van der Waals surface area (Å²) in [6, 6.07) is 10.7. The number of methoxy groups -OCH3 is 4. The number of carbonyl (C=O) groups excluding carboxylic acids is 1. The van der Waals surface area contributed by atoms with Crippen LogP contribution in [0.5, 0.6) is 23.0 Å². The number of amides is 1. The Kier molecular flexibility index (Phi) is 6.11. The van der Waals surface area contributed by atoms with E-state index >= 15 is 0 Å². The van der Waals surface area contributed by atoms with Gasteiger partial charge in [-0.2, -0.15) is 0 Å². The molecule has 2 aromatic carbocycles. The SMILES string of the molecule is COc1ccc(OC)c(C(=O)N(C)Cc2ccc(OC)c(OC)c2)c1. The maximum absolute atomic E-state index is 12.8. The summed E-state index contributed by atoms with van der Waals surface area (Å²) in [7, 11) is 7.99. The fraction of sp³-hybridized carbons (Fsp3) is 0.316. The number of rotatable bonds is 7. The molecular weight excluding hydrogens is 322 g/mol. The highest BCUT2D eigenvalue weighted by Gasteiger charge is 2.18. The van der Waals surface area contributed by atoms with Crippen molar-refractivity contribution in [2.75, 3.05) is 35.5 Å². The van der Waals surface area contributed by atoms with Crippen LogP contribution in [0.4, 0.5) is 0 Å². The van der Waals surface area contributed by atoms with E-state index in [2.05, 4.69) is 0 Å². The van der Waals surface area contributed by atoms with Gasteiger partial charge < -0.3 is 23.8 Å². The highest BCUT2D eigenvalue weighted by atomic mass is 16.5. The smallest absolute Gasteiger partial charge is 0.257 e. The number of ether oxygens (including phenoxy) is 4. The second-order valence-electron chi connectivity index (χ2n) is 5.42. The molecule has 0 aliphatic rings. The molecule has 0 heterocycles. The number of nitrogens with zero attached hydrogens (tertiary/aromatic N) is 1. The minimum atomic E-state index is -0.162. The van der Waals surface area contributed by atoms with Crippen molar-refractivity contribution < 1.29 is 23.7 Å². The van der Waals surface area contributed by atoms with E-state index in [1.54, 1.807) is 51.5 Å². The molecule has 0 fully saturated rings. The predicted octanol–water partition coefficient (Wildman–Crippen LogP) is 2.99. The summed E-state index contributed by atoms with van der Waals surface area (Å²) in [6.07, 6.45) is 0. The molecule has 0 atom stereocenters. The van der Waals surface area contributed by atoms with Crippen molar-refractivity contribution in [2.24, 2.45) is 0 Å². The van der Waals surface area contributed by atoms with Crippen LogP contribution in [0.15, 0.2) is 36.4 Å². The van der Waals surface area contributed by atoms with Crippen LogP contribution >= 0.6 is 0 Å². The molecular formula is C19H23NO5. The molecule has 0 bridgehead atoms. The first-order chi connectivity index (χ1) is 12.0. The lowest BCUT2D eigenvalue weighted by Crippen LogP contribution is -2.26. The van der Waals surface area contributed by atoms with E-state index in [-0.39, 0.29) is 5.91 Å². The third-order valence-electron chi connectivity index (χ3n) is 3.85. The van der Waals surface area contributed by atoms with Gasteiger partial charge >= 0.3 is 0 Å². The van der Waals surface area contributed by atoms with Crippen LogP contribution in [0.1, 0.15) is 15.9 Å². The van der Waals surface area contributed by atoms with Crippen molar-refractivity contribution >= 4 is 5.91 Å². The molecule has 0 saturated carbocycles. The molecule has 25 heavy (non-hydrogen) atoms. The standard InChI is InChI=1S/C19H23NO5/c1-20(12-13-6-8-17(24-4)18(10-13)25-5)19(21)15-11-14(22-2)7-9-16(15)23-3/h6-11H,12H2,1-5H3. The molecule has 0 aliphatic carbocycles. The van der Waals surface area contributed by atoms with Crippen molar-refractivity contribution in [1.82, 2.24) is 4.90 Å². The second-order valence-corrected chi connectivity index (χ2v) is 5.42. The zero-order valence-corrected chi connectivity index (χ0v) is 15.2. The zero-order chi connectivity index (χ0) is 18.4. The van der Waals surface area contributed by atoms with Gasteiger partial charge in [-0.3, -0.25) is 4.79 Å². The Labute approximate surface area is 147 Å². The van der Waals surface area contributed by atoms with Crippen molar-refractivity contribution in [1.29, 1.82) is 0 Å². The molecule has 0 unspecified atom stereocenters. The van der Waals surface area contributed by atoms with Gasteiger partial charge in [0.15, 0.2) is 11.5 Å². The molecule has 2 rings (SSSR count). The fourth-order valence-corrected chi connectivity index (χ4v) is 2.51. The van der Waals surface area contributed by atoms with Gasteiger partial charge in [0.1, 0.15) is 11.5 Å². The lowest BCUT2D eigenvalue weighted by Gasteiger charge is -2.20. The van der Waals surface area contributed by atoms with Crippen LogP contribution < -0.4 is 18.9 Å². The molecule has 1 amide bonds. The Morgan fingerprint density at radius 3 is 2.08 bits per heavy atom. The van der Waals surface area contributed by atoms with Crippen molar-refractivity contribution in [2.45, 2.75) is 6.54 Å². The maximum Gasteiger partial charge on any atom is 0.257 e. The second kappa shape index (κ2) is 8.28. The molecule has 2 aromatic rings. The Hall–Kier alpha value is -2.89. The summed E-state index contributed by atoms with van der Waals surface area (Å²) in [4.78, 5) is 14.4. The summed E-state index contributed by atoms with van der Waals surface area (Å²) in [5, 5.41) is 0. The minimum Gasteiger partial charge on any atom is -0.497 e. The van der Waals surface area contributed by atoms with Crippen LogP contribution in [-0.2, 0) is 6.54 Å².